The van der Waals surface area contributed by atoms with Crippen LogP contribution in [0.25, 0.3) is 5.57 Å². The number of phenolic OH excluding ortho intramolecular Hbond substituents is 1. The molecule has 0 aliphatic rings. The Morgan fingerprint density at radius 3 is 2.54 bits per heavy atom. The topological polar surface area (TPSA) is 62.2 Å². The average Bonchev–Trinajstić information content (AvgIpc) is 2.67. The van der Waals surface area contributed by atoms with Gasteiger partial charge in [0.25, 0.3) is 0 Å². The maximum atomic E-state index is 12.4. The molecule has 0 fully saturated rings. The van der Waals surface area contributed by atoms with Crippen molar-refractivity contribution in [1.29, 1.82) is 0 Å². The number of aromatic hydroxyl groups is 1. The van der Waals surface area contributed by atoms with Crippen LogP contribution in [0.1, 0.15) is 16.7 Å². The molecule has 0 aliphatic carbocycles. The van der Waals surface area contributed by atoms with E-state index < -0.39 is 0 Å². The maximum Gasteiger partial charge on any atom is 0.244 e. The number of carbonyl (C=O) groups excluding carboxylic acids is 1. The average molecular weight is 344 g/mol. The number of benzene rings is 2. The van der Waals surface area contributed by atoms with Crippen LogP contribution in [-0.4, -0.2) is 22.5 Å². The van der Waals surface area contributed by atoms with Gasteiger partial charge >= 0.3 is 0 Å². The highest BCUT2D eigenvalue weighted by Gasteiger charge is 2.08. The van der Waals surface area contributed by atoms with E-state index in [1.807, 2.05) is 48.5 Å². The molecule has 0 saturated heterocycles. The van der Waals surface area contributed by atoms with Gasteiger partial charge in [-0.3, -0.25) is 9.78 Å². The highest BCUT2D eigenvalue weighted by Crippen LogP contribution is 2.22. The zero-order valence-electron chi connectivity index (χ0n) is 14.3. The van der Waals surface area contributed by atoms with Crippen LogP contribution < -0.4 is 5.32 Å². The molecule has 3 aromatic rings. The number of pyridine rings is 1. The Kier molecular flexibility index (Phi) is 5.78. The summed E-state index contributed by atoms with van der Waals surface area (Å²) in [7, 11) is 0. The molecule has 4 heteroatoms. The number of carbonyl (C=O) groups is 1. The Bertz CT molecular complexity index is 849. The summed E-state index contributed by atoms with van der Waals surface area (Å²) >= 11 is 0. The summed E-state index contributed by atoms with van der Waals surface area (Å²) in [5, 5.41) is 12.4. The third-order valence-electron chi connectivity index (χ3n) is 3.96. The second-order valence-corrected chi connectivity index (χ2v) is 5.88. The van der Waals surface area contributed by atoms with Gasteiger partial charge in [-0.1, -0.05) is 48.5 Å². The van der Waals surface area contributed by atoms with E-state index in [4.69, 9.17) is 0 Å². The van der Waals surface area contributed by atoms with Crippen molar-refractivity contribution in [3.05, 3.63) is 102 Å². The SMILES string of the molecule is O=C(/C=C(/c1ccccc1)c1cccnc1)NCCc1cccc(O)c1. The number of nitrogens with zero attached hydrogens (tertiary/aromatic N) is 1. The Morgan fingerprint density at radius 1 is 1.00 bits per heavy atom. The van der Waals surface area contributed by atoms with E-state index in [1.54, 1.807) is 36.7 Å². The lowest BCUT2D eigenvalue weighted by molar-refractivity contribution is -0.116. The summed E-state index contributed by atoms with van der Waals surface area (Å²) in [6.45, 7) is 0.494. The van der Waals surface area contributed by atoms with E-state index in [9.17, 15) is 9.90 Å². The van der Waals surface area contributed by atoms with Crippen LogP contribution in [0.3, 0.4) is 0 Å². The third kappa shape index (κ3) is 4.80. The Morgan fingerprint density at radius 2 is 1.81 bits per heavy atom. The van der Waals surface area contributed by atoms with E-state index in [0.717, 1.165) is 22.3 Å². The molecule has 0 saturated carbocycles. The monoisotopic (exact) mass is 344 g/mol. The molecular weight excluding hydrogens is 324 g/mol. The van der Waals surface area contributed by atoms with Gasteiger partial charge in [-0.05, 0) is 41.3 Å². The fourth-order valence-electron chi connectivity index (χ4n) is 2.70. The quantitative estimate of drug-likeness (QED) is 0.672. The lowest BCUT2D eigenvalue weighted by atomic mass is 9.99. The van der Waals surface area contributed by atoms with Gasteiger partial charge in [0.15, 0.2) is 0 Å². The zero-order chi connectivity index (χ0) is 18.2. The van der Waals surface area contributed by atoms with Crippen molar-refractivity contribution in [2.24, 2.45) is 0 Å². The van der Waals surface area contributed by atoms with Crippen LogP contribution in [0, 0.1) is 0 Å². The van der Waals surface area contributed by atoms with Gasteiger partial charge in [0.05, 0.1) is 0 Å². The number of hydrogen-bond acceptors (Lipinski definition) is 3. The van der Waals surface area contributed by atoms with Gasteiger partial charge in [-0.25, -0.2) is 0 Å². The lowest BCUT2D eigenvalue weighted by Gasteiger charge is -2.09. The summed E-state index contributed by atoms with van der Waals surface area (Å²) in [4.78, 5) is 16.6. The Balaban J connectivity index is 1.72. The van der Waals surface area contributed by atoms with Crippen molar-refractivity contribution in [2.75, 3.05) is 6.54 Å². The van der Waals surface area contributed by atoms with Crippen molar-refractivity contribution < 1.29 is 9.90 Å². The molecule has 3 rings (SSSR count). The third-order valence-corrected chi connectivity index (χ3v) is 3.96. The summed E-state index contributed by atoms with van der Waals surface area (Å²) in [5.41, 5.74) is 3.66. The van der Waals surface area contributed by atoms with Crippen molar-refractivity contribution in [3.8, 4) is 5.75 Å². The van der Waals surface area contributed by atoms with E-state index in [-0.39, 0.29) is 11.7 Å². The minimum atomic E-state index is -0.159. The number of rotatable bonds is 6. The second-order valence-electron chi connectivity index (χ2n) is 5.88. The predicted molar refractivity (Wildman–Crippen MR) is 103 cm³/mol. The van der Waals surface area contributed by atoms with Crippen LogP contribution in [0.15, 0.2) is 85.2 Å². The van der Waals surface area contributed by atoms with Crippen LogP contribution in [0.2, 0.25) is 0 Å². The molecule has 0 unspecified atom stereocenters. The first-order valence-corrected chi connectivity index (χ1v) is 8.45. The molecule has 0 spiro atoms. The van der Waals surface area contributed by atoms with E-state index in [1.165, 1.54) is 0 Å². The van der Waals surface area contributed by atoms with E-state index in [2.05, 4.69) is 10.3 Å². The summed E-state index contributed by atoms with van der Waals surface area (Å²) in [6, 6.07) is 20.6. The molecule has 2 aromatic carbocycles. The molecule has 0 bridgehead atoms. The van der Waals surface area contributed by atoms with Crippen LogP contribution in [0.5, 0.6) is 5.75 Å². The summed E-state index contributed by atoms with van der Waals surface area (Å²) < 4.78 is 0. The van der Waals surface area contributed by atoms with Crippen molar-refractivity contribution in [3.63, 3.8) is 0 Å². The minimum absolute atomic E-state index is 0.159. The second kappa shape index (κ2) is 8.62. The van der Waals surface area contributed by atoms with Gasteiger partial charge < -0.3 is 10.4 Å². The van der Waals surface area contributed by atoms with Gasteiger partial charge in [-0.2, -0.15) is 0 Å². The summed E-state index contributed by atoms with van der Waals surface area (Å²) in [6.07, 6.45) is 5.72. The molecule has 0 aliphatic heterocycles. The van der Waals surface area contributed by atoms with Crippen molar-refractivity contribution in [2.45, 2.75) is 6.42 Å². The van der Waals surface area contributed by atoms with Gasteiger partial charge in [0.2, 0.25) is 5.91 Å². The zero-order valence-corrected chi connectivity index (χ0v) is 14.3. The molecule has 130 valence electrons. The number of aromatic nitrogens is 1. The summed E-state index contributed by atoms with van der Waals surface area (Å²) in [5.74, 6) is 0.0736. The minimum Gasteiger partial charge on any atom is -0.508 e. The first kappa shape index (κ1) is 17.4. The maximum absolute atomic E-state index is 12.4. The standard InChI is InChI=1S/C22H20N2O2/c25-20-10-4-6-17(14-20)11-13-24-22(26)15-21(18-7-2-1-3-8-18)19-9-5-12-23-16-19/h1-10,12,14-16,25H,11,13H2,(H,24,26)/b21-15-. The highest BCUT2D eigenvalue weighted by molar-refractivity contribution is 5.99. The number of hydrogen-bond donors (Lipinski definition) is 2. The number of phenols is 1. The van der Waals surface area contributed by atoms with Crippen LogP contribution in [0.4, 0.5) is 0 Å². The van der Waals surface area contributed by atoms with Gasteiger partial charge in [0.1, 0.15) is 5.75 Å². The van der Waals surface area contributed by atoms with Crippen molar-refractivity contribution >= 4 is 11.5 Å². The molecule has 1 aromatic heterocycles. The molecule has 0 radical (unpaired) electrons. The fraction of sp³-hybridized carbons (Fsp3) is 0.0909. The Hall–Kier alpha value is -3.40. The molecule has 1 amide bonds. The number of amides is 1. The smallest absolute Gasteiger partial charge is 0.244 e. The molecule has 4 nitrogen and oxygen atoms in total. The molecule has 1 heterocycles. The predicted octanol–water partition coefficient (Wildman–Crippen LogP) is 3.58. The van der Waals surface area contributed by atoms with Gasteiger partial charge in [0, 0.05) is 30.6 Å². The fourth-order valence-corrected chi connectivity index (χ4v) is 2.70. The first-order valence-electron chi connectivity index (χ1n) is 8.45. The largest absolute Gasteiger partial charge is 0.508 e. The molecular formula is C22H20N2O2. The normalized spacial score (nSPS) is 11.2. The molecule has 0 atom stereocenters. The van der Waals surface area contributed by atoms with E-state index in [0.29, 0.717) is 13.0 Å². The van der Waals surface area contributed by atoms with Gasteiger partial charge in [-0.15, -0.1) is 0 Å². The van der Waals surface area contributed by atoms with Crippen LogP contribution >= 0.6 is 0 Å². The molecule has 2 N–H and O–H groups in total. The van der Waals surface area contributed by atoms with E-state index >= 15 is 0 Å². The molecule has 26 heavy (non-hydrogen) atoms. The number of nitrogens with one attached hydrogen (secondary N) is 1. The first-order chi connectivity index (χ1) is 12.7. The van der Waals surface area contributed by atoms with Crippen LogP contribution in [-0.2, 0) is 11.2 Å². The lowest BCUT2D eigenvalue weighted by Crippen LogP contribution is -2.24. The highest BCUT2D eigenvalue weighted by atomic mass is 16.3. The van der Waals surface area contributed by atoms with Crippen molar-refractivity contribution in [1.82, 2.24) is 10.3 Å². The Labute approximate surface area is 152 Å².